The lowest BCUT2D eigenvalue weighted by molar-refractivity contribution is -0.156. The molecular formula is C39H55ClFN5O9S. The van der Waals surface area contributed by atoms with E-state index in [2.05, 4.69) is 15.5 Å². The lowest BCUT2D eigenvalue weighted by Crippen LogP contribution is -2.46. The Kier molecular flexibility index (Phi) is 17.2. The molecule has 6 rings (SSSR count). The first kappa shape index (κ1) is 45.2. The van der Waals surface area contributed by atoms with Crippen molar-refractivity contribution in [3.8, 4) is 16.3 Å². The normalized spacial score (nSPS) is 17.1. The molecule has 2 aromatic heterocycles. The van der Waals surface area contributed by atoms with Crippen molar-refractivity contribution in [1.29, 1.82) is 0 Å². The van der Waals surface area contributed by atoms with Gasteiger partial charge in [0.1, 0.15) is 16.4 Å². The Morgan fingerprint density at radius 1 is 1.02 bits per heavy atom. The van der Waals surface area contributed by atoms with Crippen LogP contribution in [-0.4, -0.2) is 121 Å². The van der Waals surface area contributed by atoms with Gasteiger partial charge in [-0.05, 0) is 64.2 Å². The number of benzene rings is 1. The SMILES string of the molecule is COCCOC[C@@H](CNC1CC1)CC(=O)OC(C)(C)C.COCCOC[C@H]1CN(C2CC2)C(=O)c2c(O)c(=O)c(-c3nnc(Cc4ccc(F)cc4)s3)cn21.Cl. The topological polar surface area (TPSA) is 164 Å². The van der Waals surface area contributed by atoms with E-state index >= 15 is 0 Å². The molecule has 0 spiro atoms. The largest absolute Gasteiger partial charge is 0.503 e. The number of aromatic hydroxyl groups is 1. The molecule has 3 aliphatic rings. The second-order valence-corrected chi connectivity index (χ2v) is 16.2. The number of hydrogen-bond acceptors (Lipinski definition) is 13. The zero-order valence-corrected chi connectivity index (χ0v) is 34.4. The number of aromatic nitrogens is 3. The fraction of sp³-hybridized carbons (Fsp3) is 0.615. The Labute approximate surface area is 337 Å². The molecule has 0 bridgehead atoms. The minimum atomic E-state index is -0.661. The number of esters is 1. The molecule has 0 saturated heterocycles. The molecular weight excluding hydrogens is 769 g/mol. The second-order valence-electron chi connectivity index (χ2n) is 15.1. The van der Waals surface area contributed by atoms with Gasteiger partial charge in [-0.2, -0.15) is 0 Å². The van der Waals surface area contributed by atoms with Gasteiger partial charge in [-0.3, -0.25) is 14.4 Å². The van der Waals surface area contributed by atoms with Crippen LogP contribution in [0.3, 0.4) is 0 Å². The van der Waals surface area contributed by atoms with E-state index in [9.17, 15) is 23.9 Å². The summed E-state index contributed by atoms with van der Waals surface area (Å²) in [5, 5.41) is 23.6. The summed E-state index contributed by atoms with van der Waals surface area (Å²) in [6.07, 6.45) is 6.70. The summed E-state index contributed by atoms with van der Waals surface area (Å²) in [4.78, 5) is 39.9. The van der Waals surface area contributed by atoms with Gasteiger partial charge >= 0.3 is 5.97 Å². The number of nitrogens with one attached hydrogen (secondary N) is 1. The zero-order chi connectivity index (χ0) is 39.5. The summed E-state index contributed by atoms with van der Waals surface area (Å²) < 4.78 is 41.5. The Hall–Kier alpha value is -3.51. The van der Waals surface area contributed by atoms with Gasteiger partial charge in [0.2, 0.25) is 5.43 Å². The minimum absolute atomic E-state index is 0. The number of carbonyl (C=O) groups is 2. The van der Waals surface area contributed by atoms with Crippen LogP contribution in [0.5, 0.6) is 5.75 Å². The highest BCUT2D eigenvalue weighted by molar-refractivity contribution is 7.14. The third kappa shape index (κ3) is 13.6. The molecule has 3 heterocycles. The average molecular weight is 824 g/mol. The molecule has 14 nitrogen and oxygen atoms in total. The zero-order valence-electron chi connectivity index (χ0n) is 32.8. The quantitative estimate of drug-likeness (QED) is 0.126. The summed E-state index contributed by atoms with van der Waals surface area (Å²) in [5.74, 6) is -1.26. The van der Waals surface area contributed by atoms with E-state index in [0.29, 0.717) is 75.1 Å². The lowest BCUT2D eigenvalue weighted by atomic mass is 10.1. The first-order chi connectivity index (χ1) is 26.4. The molecule has 2 N–H and O–H groups in total. The van der Waals surface area contributed by atoms with Crippen molar-refractivity contribution >= 4 is 35.6 Å². The van der Waals surface area contributed by atoms with Gasteiger partial charge in [0.15, 0.2) is 16.5 Å². The van der Waals surface area contributed by atoms with Crippen LogP contribution in [0, 0.1) is 11.7 Å². The number of halogens is 2. The van der Waals surface area contributed by atoms with Crippen LogP contribution in [0.4, 0.5) is 4.39 Å². The maximum Gasteiger partial charge on any atom is 0.306 e. The van der Waals surface area contributed by atoms with E-state index < -0.39 is 16.8 Å². The Morgan fingerprint density at radius 3 is 2.32 bits per heavy atom. The third-order valence-corrected chi connectivity index (χ3v) is 10.1. The minimum Gasteiger partial charge on any atom is -0.503 e. The number of ether oxygens (including phenoxy) is 5. The number of nitrogens with zero attached hydrogens (tertiary/aromatic N) is 4. The summed E-state index contributed by atoms with van der Waals surface area (Å²) in [7, 11) is 3.24. The molecule has 2 atom stereocenters. The number of methoxy groups -OCH3 is 2. The average Bonchev–Trinajstić information content (AvgIpc) is 4.09. The van der Waals surface area contributed by atoms with Crippen molar-refractivity contribution in [2.75, 3.05) is 67.0 Å². The first-order valence-electron chi connectivity index (χ1n) is 18.8. The van der Waals surface area contributed by atoms with Crippen LogP contribution in [0.15, 0.2) is 35.3 Å². The molecule has 2 aliphatic carbocycles. The first-order valence-corrected chi connectivity index (χ1v) is 19.6. The van der Waals surface area contributed by atoms with E-state index in [0.717, 1.165) is 24.9 Å². The highest BCUT2D eigenvalue weighted by Crippen LogP contribution is 2.36. The van der Waals surface area contributed by atoms with Crippen LogP contribution in [0.1, 0.15) is 80.0 Å². The van der Waals surface area contributed by atoms with Gasteiger partial charge < -0.3 is 43.6 Å². The highest BCUT2D eigenvalue weighted by Gasteiger charge is 2.42. The van der Waals surface area contributed by atoms with Gasteiger partial charge in [0.25, 0.3) is 5.91 Å². The molecule has 310 valence electrons. The van der Waals surface area contributed by atoms with Gasteiger partial charge in [-0.25, -0.2) is 4.39 Å². The van der Waals surface area contributed by atoms with E-state index in [1.54, 1.807) is 42.0 Å². The van der Waals surface area contributed by atoms with Crippen molar-refractivity contribution in [3.63, 3.8) is 0 Å². The van der Waals surface area contributed by atoms with E-state index in [1.807, 2.05) is 20.8 Å². The third-order valence-electron chi connectivity index (χ3n) is 9.10. The molecule has 2 saturated carbocycles. The maximum absolute atomic E-state index is 13.2. The summed E-state index contributed by atoms with van der Waals surface area (Å²) in [6.45, 7) is 9.71. The van der Waals surface area contributed by atoms with Gasteiger partial charge in [0, 0.05) is 57.9 Å². The van der Waals surface area contributed by atoms with Crippen molar-refractivity contribution in [2.24, 2.45) is 5.92 Å². The fourth-order valence-electron chi connectivity index (χ4n) is 6.03. The molecule has 0 unspecified atom stereocenters. The number of rotatable bonds is 19. The molecule has 17 heteroatoms. The standard InChI is InChI=1S/C24H25FN4O5S.C15H29NO4.ClH/c1-33-8-9-34-13-17-11-29(16-6-7-16)24(32)20-22(31)21(30)18(12-28(17)20)23-27-26-19(35-23)10-14-2-4-15(25)5-3-14;1-15(2,3)20-14(17)9-12(10-16-13-5-6-13)11-19-8-7-18-4;/h2-5,12,16-17,31H,6-11,13H2,1H3;12-13,16H,5-11H2,1-4H3;1H/t17-;12-;/m11./s1. The Morgan fingerprint density at radius 2 is 1.70 bits per heavy atom. The molecule has 1 aromatic carbocycles. The highest BCUT2D eigenvalue weighted by atomic mass is 35.5. The van der Waals surface area contributed by atoms with E-state index in [4.69, 9.17) is 23.7 Å². The molecule has 2 fully saturated rings. The number of fused-ring (bicyclic) bond motifs is 1. The van der Waals surface area contributed by atoms with Crippen LogP contribution in [0.2, 0.25) is 0 Å². The van der Waals surface area contributed by atoms with Crippen LogP contribution in [-0.2, 0) is 34.9 Å². The van der Waals surface area contributed by atoms with E-state index in [-0.39, 0.29) is 59.4 Å². The van der Waals surface area contributed by atoms with Gasteiger partial charge in [-0.1, -0.05) is 23.5 Å². The molecule has 3 aromatic rings. The summed E-state index contributed by atoms with van der Waals surface area (Å²) in [6, 6.07) is 6.57. The number of carbonyl (C=O) groups excluding carboxylic acids is 2. The second kappa shape index (κ2) is 21.3. The number of hydrogen-bond donors (Lipinski definition) is 2. The number of amides is 1. The predicted molar refractivity (Wildman–Crippen MR) is 211 cm³/mol. The summed E-state index contributed by atoms with van der Waals surface area (Å²) in [5.41, 5.74) is -0.0801. The van der Waals surface area contributed by atoms with Gasteiger partial charge in [-0.15, -0.1) is 22.6 Å². The molecule has 56 heavy (non-hydrogen) atoms. The summed E-state index contributed by atoms with van der Waals surface area (Å²) >= 11 is 1.22. The van der Waals surface area contributed by atoms with Crippen molar-refractivity contribution in [1.82, 2.24) is 25.0 Å². The van der Waals surface area contributed by atoms with Crippen molar-refractivity contribution in [3.05, 3.63) is 62.8 Å². The monoisotopic (exact) mass is 823 g/mol. The Bertz CT molecular complexity index is 1780. The lowest BCUT2D eigenvalue weighted by Gasteiger charge is -2.36. The molecule has 0 radical (unpaired) electrons. The Balaban J connectivity index is 0.000000285. The van der Waals surface area contributed by atoms with Crippen LogP contribution < -0.4 is 10.7 Å². The predicted octanol–water partition coefficient (Wildman–Crippen LogP) is 4.80. The van der Waals surface area contributed by atoms with Crippen LogP contribution in [0.25, 0.3) is 10.6 Å². The fourth-order valence-corrected chi connectivity index (χ4v) is 6.91. The van der Waals surface area contributed by atoms with Crippen molar-refractivity contribution < 1.29 is 42.8 Å². The molecule has 1 amide bonds. The van der Waals surface area contributed by atoms with Crippen molar-refractivity contribution in [2.45, 2.75) is 83.0 Å². The maximum atomic E-state index is 13.2. The van der Waals surface area contributed by atoms with E-state index in [1.165, 1.54) is 36.3 Å². The number of pyridine rings is 1. The van der Waals surface area contributed by atoms with Gasteiger partial charge in [0.05, 0.1) is 57.7 Å². The smallest absolute Gasteiger partial charge is 0.306 e. The molecule has 1 aliphatic heterocycles. The van der Waals surface area contributed by atoms with Crippen LogP contribution >= 0.6 is 23.7 Å².